The van der Waals surface area contributed by atoms with Gasteiger partial charge in [0, 0.05) is 18.1 Å². The minimum absolute atomic E-state index is 0.0926. The maximum Gasteiger partial charge on any atom is 0.253 e. The van der Waals surface area contributed by atoms with Gasteiger partial charge in [-0.1, -0.05) is 11.6 Å². The Hall–Kier alpha value is -1.65. The number of pyridine rings is 1. The van der Waals surface area contributed by atoms with Gasteiger partial charge in [0.05, 0.1) is 22.7 Å². The van der Waals surface area contributed by atoms with Crippen LogP contribution in [0.1, 0.15) is 10.4 Å². The number of aromatic nitrogens is 1. The number of nitrogens with one attached hydrogen (secondary N) is 1. The first-order chi connectivity index (χ1) is 8.24. The van der Waals surface area contributed by atoms with Crippen LogP contribution in [0.2, 0.25) is 5.02 Å². The monoisotopic (exact) mass is 250 g/mol. The van der Waals surface area contributed by atoms with Crippen LogP contribution in [0, 0.1) is 0 Å². The first kappa shape index (κ1) is 11.8. The summed E-state index contributed by atoms with van der Waals surface area (Å²) in [5.41, 5.74) is 1.02. The summed E-state index contributed by atoms with van der Waals surface area (Å²) < 4.78 is 0. The molecule has 2 N–H and O–H groups in total. The third-order valence-corrected chi connectivity index (χ3v) is 2.69. The van der Waals surface area contributed by atoms with Gasteiger partial charge in [0.1, 0.15) is 0 Å². The Balaban J connectivity index is 2.48. The number of hydrogen-bond donors (Lipinski definition) is 2. The molecule has 0 radical (unpaired) electrons. The highest BCUT2D eigenvalue weighted by atomic mass is 35.5. The van der Waals surface area contributed by atoms with Crippen LogP contribution >= 0.6 is 11.6 Å². The molecular formula is C12H11ClN2O2. The summed E-state index contributed by atoms with van der Waals surface area (Å²) in [6.45, 7) is 0.125. The Morgan fingerprint density at radius 2 is 2.24 bits per heavy atom. The number of halogens is 1. The number of rotatable bonds is 3. The van der Waals surface area contributed by atoms with E-state index in [4.69, 9.17) is 16.7 Å². The van der Waals surface area contributed by atoms with Gasteiger partial charge in [0.2, 0.25) is 0 Å². The van der Waals surface area contributed by atoms with E-state index in [2.05, 4.69) is 10.3 Å². The summed E-state index contributed by atoms with van der Waals surface area (Å²) in [6, 6.07) is 6.88. The van der Waals surface area contributed by atoms with E-state index in [9.17, 15) is 4.79 Å². The van der Waals surface area contributed by atoms with Crippen LogP contribution in [0.4, 0.5) is 0 Å². The zero-order chi connectivity index (χ0) is 12.3. The van der Waals surface area contributed by atoms with Crippen LogP contribution in [-0.4, -0.2) is 29.1 Å². The molecule has 1 heterocycles. The van der Waals surface area contributed by atoms with Crippen molar-refractivity contribution < 1.29 is 9.90 Å². The summed E-state index contributed by atoms with van der Waals surface area (Å²) in [5, 5.41) is 12.6. The van der Waals surface area contributed by atoms with Crippen LogP contribution in [0.25, 0.3) is 10.9 Å². The minimum Gasteiger partial charge on any atom is -0.395 e. The van der Waals surface area contributed by atoms with Crippen LogP contribution in [0.5, 0.6) is 0 Å². The van der Waals surface area contributed by atoms with Gasteiger partial charge in [-0.15, -0.1) is 0 Å². The molecule has 0 spiro atoms. The largest absolute Gasteiger partial charge is 0.395 e. The molecule has 0 aliphatic heterocycles. The number of carbonyl (C=O) groups excluding carboxylic acids is 1. The van der Waals surface area contributed by atoms with Gasteiger partial charge in [-0.25, -0.2) is 0 Å². The molecule has 0 aliphatic carbocycles. The Bertz CT molecular complexity index is 557. The fourth-order valence-electron chi connectivity index (χ4n) is 1.59. The maximum absolute atomic E-state index is 11.8. The molecular weight excluding hydrogens is 240 g/mol. The van der Waals surface area contributed by atoms with Gasteiger partial charge in [-0.05, 0) is 24.3 Å². The molecule has 0 saturated heterocycles. The van der Waals surface area contributed by atoms with Gasteiger partial charge >= 0.3 is 0 Å². The highest BCUT2D eigenvalue weighted by Gasteiger charge is 2.11. The van der Waals surface area contributed by atoms with Gasteiger partial charge in [-0.3, -0.25) is 9.78 Å². The quantitative estimate of drug-likeness (QED) is 0.870. The zero-order valence-electron chi connectivity index (χ0n) is 8.98. The third kappa shape index (κ3) is 2.38. The SMILES string of the molecule is O=C(NCCO)c1ccc(Cl)c2cccnc12. The Morgan fingerprint density at radius 3 is 3.00 bits per heavy atom. The van der Waals surface area contributed by atoms with Crippen molar-refractivity contribution in [3.63, 3.8) is 0 Å². The molecule has 5 heteroatoms. The predicted octanol–water partition coefficient (Wildman–Crippen LogP) is 1.61. The number of nitrogens with zero attached hydrogens (tertiary/aromatic N) is 1. The highest BCUT2D eigenvalue weighted by Crippen LogP contribution is 2.24. The van der Waals surface area contributed by atoms with Crippen molar-refractivity contribution in [3.8, 4) is 0 Å². The Morgan fingerprint density at radius 1 is 1.41 bits per heavy atom. The highest BCUT2D eigenvalue weighted by molar-refractivity contribution is 6.35. The average Bonchev–Trinajstić information content (AvgIpc) is 2.37. The Kier molecular flexibility index (Phi) is 3.56. The Labute approximate surface area is 103 Å². The molecule has 1 amide bonds. The normalized spacial score (nSPS) is 10.5. The van der Waals surface area contributed by atoms with Crippen LogP contribution < -0.4 is 5.32 Å². The van der Waals surface area contributed by atoms with Crippen LogP contribution in [0.3, 0.4) is 0 Å². The summed E-state index contributed by atoms with van der Waals surface area (Å²) in [5.74, 6) is -0.264. The van der Waals surface area contributed by atoms with E-state index in [1.54, 1.807) is 24.4 Å². The second-order valence-electron chi connectivity index (χ2n) is 3.47. The fourth-order valence-corrected chi connectivity index (χ4v) is 1.80. The van der Waals surface area contributed by atoms with Crippen molar-refractivity contribution in [3.05, 3.63) is 41.0 Å². The number of hydrogen-bond acceptors (Lipinski definition) is 3. The maximum atomic E-state index is 11.8. The molecule has 0 saturated carbocycles. The molecule has 0 bridgehead atoms. The molecule has 0 atom stereocenters. The van der Waals surface area contributed by atoms with E-state index in [0.29, 0.717) is 16.1 Å². The molecule has 4 nitrogen and oxygen atoms in total. The summed E-state index contributed by atoms with van der Waals surface area (Å²) >= 11 is 6.03. The topological polar surface area (TPSA) is 62.2 Å². The lowest BCUT2D eigenvalue weighted by atomic mass is 10.1. The van der Waals surface area contributed by atoms with E-state index < -0.39 is 0 Å². The van der Waals surface area contributed by atoms with E-state index in [1.807, 2.05) is 6.07 Å². The van der Waals surface area contributed by atoms with Crippen molar-refractivity contribution in [2.75, 3.05) is 13.2 Å². The standard InChI is InChI=1S/C12H11ClN2O2/c13-10-4-3-9(12(17)15-6-7-16)11-8(10)2-1-5-14-11/h1-5,16H,6-7H2,(H,15,17). The smallest absolute Gasteiger partial charge is 0.253 e. The first-order valence-electron chi connectivity index (χ1n) is 5.16. The fraction of sp³-hybridized carbons (Fsp3) is 0.167. The van der Waals surface area contributed by atoms with Gasteiger partial charge in [0.25, 0.3) is 5.91 Å². The summed E-state index contributed by atoms with van der Waals surface area (Å²) in [6.07, 6.45) is 1.61. The molecule has 1 aromatic carbocycles. The van der Waals surface area contributed by atoms with Gasteiger partial charge in [-0.2, -0.15) is 0 Å². The van der Waals surface area contributed by atoms with Crippen molar-refractivity contribution in [1.82, 2.24) is 10.3 Å². The molecule has 0 fully saturated rings. The second kappa shape index (κ2) is 5.12. The molecule has 0 unspecified atom stereocenters. The number of amides is 1. The molecule has 0 aliphatic rings. The molecule has 1 aromatic heterocycles. The molecule has 88 valence electrons. The number of benzene rings is 1. The van der Waals surface area contributed by atoms with E-state index in [1.165, 1.54) is 0 Å². The lowest BCUT2D eigenvalue weighted by Crippen LogP contribution is -2.26. The lowest BCUT2D eigenvalue weighted by molar-refractivity contribution is 0.0946. The van der Waals surface area contributed by atoms with E-state index in [0.717, 1.165) is 5.39 Å². The van der Waals surface area contributed by atoms with Crippen LogP contribution in [-0.2, 0) is 0 Å². The average molecular weight is 251 g/mol. The first-order valence-corrected chi connectivity index (χ1v) is 5.54. The summed E-state index contributed by atoms with van der Waals surface area (Å²) in [7, 11) is 0. The van der Waals surface area contributed by atoms with Crippen molar-refractivity contribution in [2.45, 2.75) is 0 Å². The lowest BCUT2D eigenvalue weighted by Gasteiger charge is -2.07. The van der Waals surface area contributed by atoms with Crippen molar-refractivity contribution >= 4 is 28.4 Å². The molecule has 2 rings (SSSR count). The number of aliphatic hydroxyl groups excluding tert-OH is 1. The predicted molar refractivity (Wildman–Crippen MR) is 66.2 cm³/mol. The third-order valence-electron chi connectivity index (χ3n) is 2.36. The molecule has 2 aromatic rings. The van der Waals surface area contributed by atoms with Gasteiger partial charge in [0.15, 0.2) is 0 Å². The zero-order valence-corrected chi connectivity index (χ0v) is 9.74. The number of aliphatic hydroxyl groups is 1. The van der Waals surface area contributed by atoms with Crippen molar-refractivity contribution in [2.24, 2.45) is 0 Å². The minimum atomic E-state index is -0.264. The molecule has 17 heavy (non-hydrogen) atoms. The van der Waals surface area contributed by atoms with Crippen LogP contribution in [0.15, 0.2) is 30.5 Å². The van der Waals surface area contributed by atoms with Gasteiger partial charge < -0.3 is 10.4 Å². The number of fused-ring (bicyclic) bond motifs is 1. The van der Waals surface area contributed by atoms with E-state index in [-0.39, 0.29) is 19.1 Å². The number of carbonyl (C=O) groups is 1. The van der Waals surface area contributed by atoms with Crippen molar-refractivity contribution in [1.29, 1.82) is 0 Å². The summed E-state index contributed by atoms with van der Waals surface area (Å²) in [4.78, 5) is 16.0. The second-order valence-corrected chi connectivity index (χ2v) is 3.88. The van der Waals surface area contributed by atoms with E-state index >= 15 is 0 Å².